The van der Waals surface area contributed by atoms with Crippen LogP contribution in [0.4, 0.5) is 4.39 Å². The van der Waals surface area contributed by atoms with Crippen LogP contribution in [0.5, 0.6) is 0 Å². The van der Waals surface area contributed by atoms with Crippen molar-refractivity contribution in [1.82, 2.24) is 4.90 Å². The largest absolute Gasteiger partial charge is 0.339 e. The van der Waals surface area contributed by atoms with E-state index in [9.17, 15) is 14.0 Å². The lowest BCUT2D eigenvalue weighted by molar-refractivity contribution is -0.136. The van der Waals surface area contributed by atoms with E-state index in [1.54, 1.807) is 6.92 Å². The average Bonchev–Trinajstić information content (AvgIpc) is 2.15. The minimum absolute atomic E-state index is 0.109. The molecule has 0 saturated carbocycles. The fourth-order valence-corrected chi connectivity index (χ4v) is 1.26. The lowest BCUT2D eigenvalue weighted by Crippen LogP contribution is -2.45. The summed E-state index contributed by atoms with van der Waals surface area (Å²) in [6.45, 7) is 6.44. The molecule has 0 aliphatic heterocycles. The van der Waals surface area contributed by atoms with Crippen LogP contribution in [0.3, 0.4) is 0 Å². The standard InChI is InChI=1S/C11H20FNO2/c1-5-7-13(10(15)6-2)8-11(4,12)9(3)14/h5-8H2,1-4H3. The molecule has 0 aliphatic carbocycles. The van der Waals surface area contributed by atoms with Crippen LogP contribution in [-0.2, 0) is 9.59 Å². The molecule has 88 valence electrons. The minimum atomic E-state index is -1.93. The number of rotatable bonds is 6. The van der Waals surface area contributed by atoms with Crippen LogP contribution < -0.4 is 0 Å². The van der Waals surface area contributed by atoms with Crippen molar-refractivity contribution < 1.29 is 14.0 Å². The van der Waals surface area contributed by atoms with Gasteiger partial charge in [-0.1, -0.05) is 13.8 Å². The Labute approximate surface area is 90.6 Å². The van der Waals surface area contributed by atoms with Gasteiger partial charge >= 0.3 is 0 Å². The Balaban J connectivity index is 4.53. The molecule has 0 aromatic rings. The van der Waals surface area contributed by atoms with Gasteiger partial charge in [0.05, 0.1) is 6.54 Å². The third-order valence-electron chi connectivity index (χ3n) is 2.37. The number of nitrogens with zero attached hydrogens (tertiary/aromatic N) is 1. The van der Waals surface area contributed by atoms with Gasteiger partial charge in [-0.25, -0.2) is 4.39 Å². The summed E-state index contributed by atoms with van der Waals surface area (Å²) in [6.07, 6.45) is 1.10. The summed E-state index contributed by atoms with van der Waals surface area (Å²) >= 11 is 0. The van der Waals surface area contributed by atoms with E-state index in [0.717, 1.165) is 6.42 Å². The van der Waals surface area contributed by atoms with Crippen molar-refractivity contribution >= 4 is 11.7 Å². The van der Waals surface area contributed by atoms with Gasteiger partial charge in [-0.15, -0.1) is 0 Å². The Morgan fingerprint density at radius 2 is 1.87 bits per heavy atom. The van der Waals surface area contributed by atoms with Crippen molar-refractivity contribution in [3.05, 3.63) is 0 Å². The molecule has 4 heteroatoms. The summed E-state index contributed by atoms with van der Waals surface area (Å²) in [5.74, 6) is -0.644. The van der Waals surface area contributed by atoms with Crippen molar-refractivity contribution in [2.75, 3.05) is 13.1 Å². The van der Waals surface area contributed by atoms with Gasteiger partial charge in [0, 0.05) is 13.0 Å². The summed E-state index contributed by atoms with van der Waals surface area (Å²) in [6, 6.07) is 0. The molecule has 1 unspecified atom stereocenters. The highest BCUT2D eigenvalue weighted by molar-refractivity contribution is 5.85. The van der Waals surface area contributed by atoms with Crippen LogP contribution >= 0.6 is 0 Å². The first-order chi connectivity index (χ1) is 6.85. The molecule has 0 fully saturated rings. The number of ketones is 1. The quantitative estimate of drug-likeness (QED) is 0.682. The molecule has 0 aromatic carbocycles. The highest BCUT2D eigenvalue weighted by Crippen LogP contribution is 2.14. The second-order valence-electron chi connectivity index (χ2n) is 3.92. The van der Waals surface area contributed by atoms with Crippen LogP contribution in [-0.4, -0.2) is 35.3 Å². The minimum Gasteiger partial charge on any atom is -0.339 e. The Morgan fingerprint density at radius 3 is 2.20 bits per heavy atom. The number of hydrogen-bond donors (Lipinski definition) is 0. The fraction of sp³-hybridized carbons (Fsp3) is 0.818. The molecule has 0 N–H and O–H groups in total. The predicted octanol–water partition coefficient (Wildman–Crippen LogP) is 1.95. The molecule has 1 amide bonds. The number of alkyl halides is 1. The molecule has 0 saturated heterocycles. The van der Waals surface area contributed by atoms with Gasteiger partial charge in [0.25, 0.3) is 0 Å². The summed E-state index contributed by atoms with van der Waals surface area (Å²) in [4.78, 5) is 23.9. The SMILES string of the molecule is CCCN(CC(C)(F)C(C)=O)C(=O)CC. The van der Waals surface area contributed by atoms with E-state index >= 15 is 0 Å². The predicted molar refractivity (Wildman–Crippen MR) is 57.4 cm³/mol. The second kappa shape index (κ2) is 5.83. The van der Waals surface area contributed by atoms with Crippen molar-refractivity contribution in [3.63, 3.8) is 0 Å². The van der Waals surface area contributed by atoms with Crippen molar-refractivity contribution in [1.29, 1.82) is 0 Å². The Morgan fingerprint density at radius 1 is 1.33 bits per heavy atom. The topological polar surface area (TPSA) is 37.4 Å². The molecule has 1 atom stereocenters. The van der Waals surface area contributed by atoms with E-state index in [-0.39, 0.29) is 12.5 Å². The maximum atomic E-state index is 13.7. The Hall–Kier alpha value is -0.930. The molecular weight excluding hydrogens is 197 g/mol. The first kappa shape index (κ1) is 14.1. The molecular formula is C11H20FNO2. The van der Waals surface area contributed by atoms with Gasteiger partial charge in [0.15, 0.2) is 11.5 Å². The summed E-state index contributed by atoms with van der Waals surface area (Å²) < 4.78 is 13.7. The highest BCUT2D eigenvalue weighted by Gasteiger charge is 2.32. The first-order valence-corrected chi connectivity index (χ1v) is 5.32. The average molecular weight is 217 g/mol. The highest BCUT2D eigenvalue weighted by atomic mass is 19.1. The maximum Gasteiger partial charge on any atom is 0.222 e. The number of carbonyl (C=O) groups is 2. The van der Waals surface area contributed by atoms with E-state index in [0.29, 0.717) is 13.0 Å². The summed E-state index contributed by atoms with van der Waals surface area (Å²) in [5.41, 5.74) is -1.93. The van der Waals surface area contributed by atoms with Gasteiger partial charge in [-0.05, 0) is 20.3 Å². The molecule has 0 radical (unpaired) electrons. The number of Topliss-reactive ketones (excluding diaryl/α,β-unsaturated/α-hetero) is 1. The summed E-state index contributed by atoms with van der Waals surface area (Å²) in [5, 5.41) is 0. The van der Waals surface area contributed by atoms with Crippen LogP contribution in [0.2, 0.25) is 0 Å². The molecule has 0 aromatic heterocycles. The zero-order valence-electron chi connectivity index (χ0n) is 9.97. The van der Waals surface area contributed by atoms with E-state index in [1.807, 2.05) is 6.92 Å². The van der Waals surface area contributed by atoms with Crippen LogP contribution in [0.25, 0.3) is 0 Å². The third-order valence-corrected chi connectivity index (χ3v) is 2.37. The molecule has 0 bridgehead atoms. The van der Waals surface area contributed by atoms with Crippen molar-refractivity contribution in [3.8, 4) is 0 Å². The molecule has 0 aliphatic rings. The lowest BCUT2D eigenvalue weighted by Gasteiger charge is -2.27. The van der Waals surface area contributed by atoms with Gasteiger partial charge in [-0.3, -0.25) is 9.59 Å². The van der Waals surface area contributed by atoms with E-state index < -0.39 is 11.5 Å². The fourth-order valence-electron chi connectivity index (χ4n) is 1.26. The van der Waals surface area contributed by atoms with Crippen LogP contribution in [0, 0.1) is 0 Å². The van der Waals surface area contributed by atoms with Gasteiger partial charge in [0.1, 0.15) is 0 Å². The number of carbonyl (C=O) groups excluding carboxylic acids is 2. The Kier molecular flexibility index (Phi) is 5.47. The van der Waals surface area contributed by atoms with E-state index in [1.165, 1.54) is 18.7 Å². The third kappa shape index (κ3) is 4.40. The summed E-state index contributed by atoms with van der Waals surface area (Å²) in [7, 11) is 0. The van der Waals surface area contributed by atoms with Crippen molar-refractivity contribution in [2.45, 2.75) is 46.2 Å². The molecule has 3 nitrogen and oxygen atoms in total. The first-order valence-electron chi connectivity index (χ1n) is 5.32. The zero-order chi connectivity index (χ0) is 12.1. The molecule has 0 heterocycles. The van der Waals surface area contributed by atoms with E-state index in [2.05, 4.69) is 0 Å². The van der Waals surface area contributed by atoms with Crippen LogP contribution in [0.15, 0.2) is 0 Å². The van der Waals surface area contributed by atoms with Gasteiger partial charge in [-0.2, -0.15) is 0 Å². The molecule has 15 heavy (non-hydrogen) atoms. The molecule has 0 rings (SSSR count). The normalized spacial score (nSPS) is 14.5. The van der Waals surface area contributed by atoms with E-state index in [4.69, 9.17) is 0 Å². The zero-order valence-corrected chi connectivity index (χ0v) is 9.97. The second-order valence-corrected chi connectivity index (χ2v) is 3.92. The Bertz CT molecular complexity index is 239. The molecule has 0 spiro atoms. The van der Waals surface area contributed by atoms with Crippen molar-refractivity contribution in [2.24, 2.45) is 0 Å². The monoisotopic (exact) mass is 217 g/mol. The smallest absolute Gasteiger partial charge is 0.222 e. The number of hydrogen-bond acceptors (Lipinski definition) is 2. The van der Waals surface area contributed by atoms with Gasteiger partial charge < -0.3 is 4.90 Å². The maximum absolute atomic E-state index is 13.7. The lowest BCUT2D eigenvalue weighted by atomic mass is 10.0. The van der Waals surface area contributed by atoms with Crippen LogP contribution in [0.1, 0.15) is 40.5 Å². The van der Waals surface area contributed by atoms with Gasteiger partial charge in [0.2, 0.25) is 5.91 Å². The number of amides is 1. The number of halogens is 1.